The monoisotopic (exact) mass is 452 g/mol. The summed E-state index contributed by atoms with van der Waals surface area (Å²) < 4.78 is 6.89. The van der Waals surface area contributed by atoms with Crippen molar-refractivity contribution in [1.29, 1.82) is 0 Å². The van der Waals surface area contributed by atoms with E-state index in [9.17, 15) is 4.79 Å². The van der Waals surface area contributed by atoms with Crippen LogP contribution in [0.1, 0.15) is 34.1 Å². The second kappa shape index (κ2) is 8.55. The van der Waals surface area contributed by atoms with Crippen LogP contribution in [0.2, 0.25) is 0 Å². The number of pyridine rings is 1. The predicted molar refractivity (Wildman–Crippen MR) is 132 cm³/mol. The largest absolute Gasteiger partial charge is 0.462 e. The summed E-state index contributed by atoms with van der Waals surface area (Å²) in [5.41, 5.74) is 5.54. The minimum atomic E-state index is -0.476. The average Bonchev–Trinajstić information content (AvgIpc) is 3.24. The molecular formula is C26H24N6O2. The van der Waals surface area contributed by atoms with Crippen LogP contribution in [0.3, 0.4) is 0 Å². The zero-order valence-corrected chi connectivity index (χ0v) is 19.5. The van der Waals surface area contributed by atoms with E-state index in [4.69, 9.17) is 14.7 Å². The van der Waals surface area contributed by atoms with Crippen molar-refractivity contribution in [3.05, 3.63) is 77.1 Å². The van der Waals surface area contributed by atoms with Gasteiger partial charge in [-0.15, -0.1) is 0 Å². The molecule has 5 aromatic rings. The third-order valence-electron chi connectivity index (χ3n) is 5.70. The van der Waals surface area contributed by atoms with Gasteiger partial charge in [0.2, 0.25) is 0 Å². The second-order valence-electron chi connectivity index (χ2n) is 8.08. The van der Waals surface area contributed by atoms with Gasteiger partial charge >= 0.3 is 5.97 Å². The number of esters is 1. The van der Waals surface area contributed by atoms with Gasteiger partial charge in [-0.05, 0) is 57.0 Å². The van der Waals surface area contributed by atoms with E-state index in [0.717, 1.165) is 33.1 Å². The van der Waals surface area contributed by atoms with Crippen LogP contribution in [0.4, 0.5) is 11.6 Å². The number of hydrogen-bond acceptors (Lipinski definition) is 7. The molecule has 0 unspecified atom stereocenters. The number of carbonyl (C=O) groups excluding carboxylic acids is 1. The van der Waals surface area contributed by atoms with Gasteiger partial charge in [0.15, 0.2) is 17.5 Å². The molecule has 8 heteroatoms. The molecule has 1 N–H and O–H groups in total. The maximum absolute atomic E-state index is 12.8. The fourth-order valence-corrected chi connectivity index (χ4v) is 3.97. The molecule has 0 atom stereocenters. The molecule has 3 heterocycles. The first kappa shape index (κ1) is 21.5. The molecule has 34 heavy (non-hydrogen) atoms. The number of carbonyl (C=O) groups is 1. The van der Waals surface area contributed by atoms with Crippen molar-refractivity contribution in [2.45, 2.75) is 27.7 Å². The van der Waals surface area contributed by atoms with Crippen molar-refractivity contribution in [1.82, 2.24) is 24.7 Å². The van der Waals surface area contributed by atoms with E-state index >= 15 is 0 Å². The zero-order chi connectivity index (χ0) is 23.8. The third kappa shape index (κ3) is 3.73. The minimum absolute atomic E-state index is 0.255. The fraction of sp³-hybridized carbons (Fsp3) is 0.192. The van der Waals surface area contributed by atoms with Crippen molar-refractivity contribution in [2.24, 2.45) is 0 Å². The standard InChI is InChI=1S/C26H24N6O2/c1-5-34-26(33)19-14-27-32(22-13-16(3)18-10-8-9-15(2)23(18)30-22)25(19)31-24-17(4)28-20-11-6-7-12-21(20)29-24/h6-14H,5H2,1-4H3,(H,29,31). The Hall–Kier alpha value is -4.33. The maximum Gasteiger partial charge on any atom is 0.343 e. The van der Waals surface area contributed by atoms with Crippen molar-refractivity contribution in [3.8, 4) is 5.82 Å². The molecule has 0 saturated heterocycles. The Morgan fingerprint density at radius 2 is 1.74 bits per heavy atom. The van der Waals surface area contributed by atoms with Crippen molar-refractivity contribution in [3.63, 3.8) is 0 Å². The Balaban J connectivity index is 1.68. The van der Waals surface area contributed by atoms with Crippen LogP contribution in [-0.2, 0) is 4.74 Å². The summed E-state index contributed by atoms with van der Waals surface area (Å²) in [5, 5.41) is 8.86. The van der Waals surface area contributed by atoms with Crippen molar-refractivity contribution >= 4 is 39.5 Å². The minimum Gasteiger partial charge on any atom is -0.462 e. The summed E-state index contributed by atoms with van der Waals surface area (Å²) in [7, 11) is 0. The van der Waals surface area contributed by atoms with Crippen LogP contribution in [-0.4, -0.2) is 37.3 Å². The summed E-state index contributed by atoms with van der Waals surface area (Å²) in [6.45, 7) is 7.96. The average molecular weight is 453 g/mol. The Kier molecular flexibility index (Phi) is 5.41. The van der Waals surface area contributed by atoms with Gasteiger partial charge in [0, 0.05) is 5.39 Å². The SMILES string of the molecule is CCOC(=O)c1cnn(-c2cc(C)c3cccc(C)c3n2)c1Nc1nc2ccccc2nc1C. The van der Waals surface area contributed by atoms with Crippen LogP contribution in [0, 0.1) is 20.8 Å². The summed E-state index contributed by atoms with van der Waals surface area (Å²) in [5.74, 6) is 1.06. The van der Waals surface area contributed by atoms with Crippen molar-refractivity contribution < 1.29 is 9.53 Å². The van der Waals surface area contributed by atoms with Gasteiger partial charge in [-0.1, -0.05) is 30.3 Å². The van der Waals surface area contributed by atoms with Gasteiger partial charge in [0.1, 0.15) is 5.56 Å². The number of ether oxygens (including phenoxy) is 1. The molecule has 0 bridgehead atoms. The summed E-state index contributed by atoms with van der Waals surface area (Å²) in [6, 6.07) is 15.7. The smallest absolute Gasteiger partial charge is 0.343 e. The number of benzene rings is 2. The summed E-state index contributed by atoms with van der Waals surface area (Å²) >= 11 is 0. The number of fused-ring (bicyclic) bond motifs is 2. The van der Waals surface area contributed by atoms with E-state index in [1.807, 2.05) is 63.2 Å². The lowest BCUT2D eigenvalue weighted by atomic mass is 10.1. The van der Waals surface area contributed by atoms with Crippen LogP contribution in [0.5, 0.6) is 0 Å². The van der Waals surface area contributed by atoms with Gasteiger partial charge in [-0.25, -0.2) is 19.7 Å². The Bertz CT molecular complexity index is 1560. The highest BCUT2D eigenvalue weighted by molar-refractivity contribution is 5.96. The number of nitrogens with one attached hydrogen (secondary N) is 1. The van der Waals surface area contributed by atoms with E-state index < -0.39 is 5.97 Å². The van der Waals surface area contributed by atoms with E-state index in [0.29, 0.717) is 28.7 Å². The number of aromatic nitrogens is 5. The zero-order valence-electron chi connectivity index (χ0n) is 19.5. The second-order valence-corrected chi connectivity index (χ2v) is 8.08. The summed E-state index contributed by atoms with van der Waals surface area (Å²) in [4.78, 5) is 27.0. The number of hydrogen-bond donors (Lipinski definition) is 1. The van der Waals surface area contributed by atoms with Crippen LogP contribution in [0.25, 0.3) is 27.8 Å². The molecule has 0 aliphatic rings. The molecule has 0 spiro atoms. The molecular weight excluding hydrogens is 428 g/mol. The van der Waals surface area contributed by atoms with Crippen LogP contribution in [0.15, 0.2) is 54.7 Å². The van der Waals surface area contributed by atoms with Gasteiger partial charge in [-0.3, -0.25) is 0 Å². The lowest BCUT2D eigenvalue weighted by molar-refractivity contribution is 0.0527. The highest BCUT2D eigenvalue weighted by atomic mass is 16.5. The molecule has 5 rings (SSSR count). The Labute approximate surface area is 196 Å². The van der Waals surface area contributed by atoms with E-state index in [1.165, 1.54) is 6.20 Å². The number of rotatable bonds is 5. The number of nitrogens with zero attached hydrogens (tertiary/aromatic N) is 5. The highest BCUT2D eigenvalue weighted by Crippen LogP contribution is 2.28. The first-order valence-electron chi connectivity index (χ1n) is 11.1. The quantitative estimate of drug-likeness (QED) is 0.366. The molecule has 0 saturated carbocycles. The van der Waals surface area contributed by atoms with Gasteiger partial charge < -0.3 is 10.1 Å². The number of anilines is 2. The van der Waals surface area contributed by atoms with Crippen molar-refractivity contribution in [2.75, 3.05) is 11.9 Å². The lowest BCUT2D eigenvalue weighted by Crippen LogP contribution is -2.12. The normalized spacial score (nSPS) is 11.2. The molecule has 0 amide bonds. The molecule has 0 fully saturated rings. The topological polar surface area (TPSA) is 94.8 Å². The van der Waals surface area contributed by atoms with E-state index in [-0.39, 0.29) is 6.61 Å². The van der Waals surface area contributed by atoms with Gasteiger partial charge in [-0.2, -0.15) is 9.78 Å². The first-order chi connectivity index (χ1) is 16.5. The fourth-order valence-electron chi connectivity index (χ4n) is 3.97. The van der Waals surface area contributed by atoms with E-state index in [1.54, 1.807) is 11.6 Å². The Morgan fingerprint density at radius 3 is 2.50 bits per heavy atom. The Morgan fingerprint density at radius 1 is 0.971 bits per heavy atom. The molecule has 8 nitrogen and oxygen atoms in total. The summed E-state index contributed by atoms with van der Waals surface area (Å²) in [6.07, 6.45) is 1.49. The van der Waals surface area contributed by atoms with E-state index in [2.05, 4.69) is 21.5 Å². The molecule has 0 aliphatic heterocycles. The number of aryl methyl sites for hydroxylation is 3. The highest BCUT2D eigenvalue weighted by Gasteiger charge is 2.22. The molecule has 0 aliphatic carbocycles. The molecule has 2 aromatic carbocycles. The van der Waals surface area contributed by atoms with Crippen LogP contribution < -0.4 is 5.32 Å². The third-order valence-corrected chi connectivity index (χ3v) is 5.70. The molecule has 3 aromatic heterocycles. The van der Waals surface area contributed by atoms with Gasteiger partial charge in [0.25, 0.3) is 0 Å². The number of para-hydroxylation sites is 3. The lowest BCUT2D eigenvalue weighted by Gasteiger charge is -2.14. The first-order valence-corrected chi connectivity index (χ1v) is 11.1. The van der Waals surface area contributed by atoms with Gasteiger partial charge in [0.05, 0.1) is 35.0 Å². The molecule has 170 valence electrons. The van der Waals surface area contributed by atoms with Crippen LogP contribution >= 0.6 is 0 Å². The maximum atomic E-state index is 12.8. The molecule has 0 radical (unpaired) electrons. The predicted octanol–water partition coefficient (Wildman–Crippen LogP) is 5.21.